The van der Waals surface area contributed by atoms with Crippen molar-refractivity contribution in [1.29, 1.82) is 0 Å². The molecule has 0 amide bonds. The predicted molar refractivity (Wildman–Crippen MR) is 79.5 cm³/mol. The van der Waals surface area contributed by atoms with Crippen molar-refractivity contribution in [3.8, 4) is 0 Å². The van der Waals surface area contributed by atoms with E-state index in [-0.39, 0.29) is 0 Å². The number of rotatable bonds is 1. The topological polar surface area (TPSA) is 28.2 Å². The summed E-state index contributed by atoms with van der Waals surface area (Å²) in [7, 11) is 0. The lowest BCUT2D eigenvalue weighted by atomic mass is 10.1. The lowest BCUT2D eigenvalue weighted by Gasteiger charge is -2.31. The maximum absolute atomic E-state index is 6.02. The summed E-state index contributed by atoms with van der Waals surface area (Å²) in [4.78, 5) is 6.81. The van der Waals surface area contributed by atoms with Crippen LogP contribution in [-0.4, -0.2) is 31.2 Å². The number of piperazine rings is 1. The molecule has 94 valence electrons. The number of hydrogen-bond donors (Lipinski definition) is 1. The van der Waals surface area contributed by atoms with E-state index in [2.05, 4.69) is 31.1 Å². The first kappa shape index (κ1) is 12.2. The van der Waals surface area contributed by atoms with E-state index in [9.17, 15) is 0 Å². The van der Waals surface area contributed by atoms with Crippen LogP contribution in [0.5, 0.6) is 0 Å². The zero-order valence-electron chi connectivity index (χ0n) is 9.79. The van der Waals surface area contributed by atoms with Crippen molar-refractivity contribution in [3.05, 3.63) is 33.9 Å². The van der Waals surface area contributed by atoms with Crippen LogP contribution in [0.15, 0.2) is 28.9 Å². The van der Waals surface area contributed by atoms with Crippen LogP contribution in [0.3, 0.4) is 0 Å². The van der Waals surface area contributed by atoms with Gasteiger partial charge in [-0.05, 0) is 34.1 Å². The average molecular weight is 327 g/mol. The van der Waals surface area contributed by atoms with Crippen molar-refractivity contribution in [2.24, 2.45) is 0 Å². The standard InChI is InChI=1S/C13H13BrClN3/c14-11-8-17-12-7-9(15)1-2-10(12)13(11)18-5-3-16-4-6-18/h1-2,7-8,16H,3-6H2. The first-order valence-electron chi connectivity index (χ1n) is 5.95. The van der Waals surface area contributed by atoms with Gasteiger partial charge in [0.1, 0.15) is 0 Å². The second-order valence-corrected chi connectivity index (χ2v) is 5.64. The van der Waals surface area contributed by atoms with Crippen molar-refractivity contribution < 1.29 is 0 Å². The Balaban J connectivity index is 2.16. The van der Waals surface area contributed by atoms with Gasteiger partial charge in [0, 0.05) is 42.8 Å². The molecule has 1 aliphatic rings. The van der Waals surface area contributed by atoms with Gasteiger partial charge >= 0.3 is 0 Å². The van der Waals surface area contributed by atoms with E-state index in [1.54, 1.807) is 0 Å². The number of nitrogens with zero attached hydrogens (tertiary/aromatic N) is 2. The molecule has 18 heavy (non-hydrogen) atoms. The Labute approximate surface area is 119 Å². The molecule has 1 aromatic heterocycles. The van der Waals surface area contributed by atoms with Gasteiger partial charge in [0.2, 0.25) is 0 Å². The normalized spacial score (nSPS) is 16.2. The van der Waals surface area contributed by atoms with E-state index in [1.165, 1.54) is 5.69 Å². The van der Waals surface area contributed by atoms with Gasteiger partial charge in [-0.1, -0.05) is 11.6 Å². The van der Waals surface area contributed by atoms with E-state index in [1.807, 2.05) is 24.4 Å². The van der Waals surface area contributed by atoms with Gasteiger partial charge in [0.05, 0.1) is 15.7 Å². The Bertz CT molecular complexity index is 582. The highest BCUT2D eigenvalue weighted by molar-refractivity contribution is 9.10. The predicted octanol–water partition coefficient (Wildman–Crippen LogP) is 3.06. The summed E-state index contributed by atoms with van der Waals surface area (Å²) in [6.45, 7) is 4.06. The summed E-state index contributed by atoms with van der Waals surface area (Å²) < 4.78 is 1.04. The molecule has 1 aromatic carbocycles. The summed E-state index contributed by atoms with van der Waals surface area (Å²) in [5, 5.41) is 5.24. The Morgan fingerprint density at radius 2 is 2.06 bits per heavy atom. The summed E-state index contributed by atoms with van der Waals surface area (Å²) in [6.07, 6.45) is 1.86. The molecule has 0 radical (unpaired) electrons. The van der Waals surface area contributed by atoms with Crippen LogP contribution in [0, 0.1) is 0 Å². The van der Waals surface area contributed by atoms with Crippen molar-refractivity contribution in [2.75, 3.05) is 31.1 Å². The molecule has 1 N–H and O–H groups in total. The smallest absolute Gasteiger partial charge is 0.0738 e. The van der Waals surface area contributed by atoms with Crippen molar-refractivity contribution in [2.45, 2.75) is 0 Å². The third-order valence-corrected chi connectivity index (χ3v) is 4.01. The fourth-order valence-electron chi connectivity index (χ4n) is 2.34. The molecule has 3 nitrogen and oxygen atoms in total. The minimum absolute atomic E-state index is 0.726. The van der Waals surface area contributed by atoms with Crippen LogP contribution in [0.2, 0.25) is 5.02 Å². The van der Waals surface area contributed by atoms with E-state index in [0.29, 0.717) is 0 Å². The van der Waals surface area contributed by atoms with Gasteiger partial charge in [0.25, 0.3) is 0 Å². The molecule has 0 atom stereocenters. The monoisotopic (exact) mass is 325 g/mol. The van der Waals surface area contributed by atoms with Crippen molar-refractivity contribution >= 4 is 44.1 Å². The molecule has 1 aliphatic heterocycles. The largest absolute Gasteiger partial charge is 0.367 e. The lowest BCUT2D eigenvalue weighted by Crippen LogP contribution is -2.43. The Morgan fingerprint density at radius 1 is 1.28 bits per heavy atom. The quantitative estimate of drug-likeness (QED) is 0.873. The highest BCUT2D eigenvalue weighted by Crippen LogP contribution is 2.34. The number of pyridine rings is 1. The number of hydrogen-bond acceptors (Lipinski definition) is 3. The van der Waals surface area contributed by atoms with Crippen LogP contribution in [0.1, 0.15) is 0 Å². The van der Waals surface area contributed by atoms with Gasteiger partial charge in [-0.3, -0.25) is 4.98 Å². The molecule has 1 fully saturated rings. The van der Waals surface area contributed by atoms with E-state index in [0.717, 1.165) is 46.6 Å². The number of benzene rings is 1. The summed E-state index contributed by atoms with van der Waals surface area (Å²) >= 11 is 9.64. The average Bonchev–Trinajstić information content (AvgIpc) is 2.40. The van der Waals surface area contributed by atoms with Crippen LogP contribution < -0.4 is 10.2 Å². The number of anilines is 1. The zero-order valence-corrected chi connectivity index (χ0v) is 12.1. The fourth-order valence-corrected chi connectivity index (χ4v) is 3.07. The molecule has 5 heteroatoms. The Kier molecular flexibility index (Phi) is 3.41. The van der Waals surface area contributed by atoms with Crippen LogP contribution in [-0.2, 0) is 0 Å². The highest BCUT2D eigenvalue weighted by atomic mass is 79.9. The molecule has 2 aromatic rings. The van der Waals surface area contributed by atoms with Crippen LogP contribution >= 0.6 is 27.5 Å². The van der Waals surface area contributed by atoms with E-state index >= 15 is 0 Å². The molecule has 0 saturated carbocycles. The summed E-state index contributed by atoms with van der Waals surface area (Å²) in [5.74, 6) is 0. The molecular weight excluding hydrogens is 314 g/mol. The number of fused-ring (bicyclic) bond motifs is 1. The minimum atomic E-state index is 0.726. The maximum atomic E-state index is 6.02. The van der Waals surface area contributed by atoms with Crippen LogP contribution in [0.25, 0.3) is 10.9 Å². The first-order chi connectivity index (χ1) is 8.75. The van der Waals surface area contributed by atoms with Crippen molar-refractivity contribution in [3.63, 3.8) is 0 Å². The highest BCUT2D eigenvalue weighted by Gasteiger charge is 2.16. The Morgan fingerprint density at radius 3 is 2.83 bits per heavy atom. The third-order valence-electron chi connectivity index (χ3n) is 3.19. The second kappa shape index (κ2) is 5.03. The molecule has 1 saturated heterocycles. The minimum Gasteiger partial charge on any atom is -0.367 e. The molecular formula is C13H13BrClN3. The number of nitrogens with one attached hydrogen (secondary N) is 1. The van der Waals surface area contributed by atoms with Gasteiger partial charge in [0.15, 0.2) is 0 Å². The molecule has 0 unspecified atom stereocenters. The molecule has 2 heterocycles. The lowest BCUT2D eigenvalue weighted by molar-refractivity contribution is 0.589. The molecule has 3 rings (SSSR count). The summed E-state index contributed by atoms with van der Waals surface area (Å²) in [6, 6.07) is 5.88. The van der Waals surface area contributed by atoms with Gasteiger partial charge < -0.3 is 10.2 Å². The van der Waals surface area contributed by atoms with Gasteiger partial charge in [-0.15, -0.1) is 0 Å². The maximum Gasteiger partial charge on any atom is 0.0738 e. The molecule has 0 aliphatic carbocycles. The fraction of sp³-hybridized carbons (Fsp3) is 0.308. The SMILES string of the molecule is Clc1ccc2c(N3CCNCC3)c(Br)cnc2c1. The first-order valence-corrected chi connectivity index (χ1v) is 7.12. The Hall–Kier alpha value is -0.840. The molecule has 0 bridgehead atoms. The van der Waals surface area contributed by atoms with Gasteiger partial charge in [-0.2, -0.15) is 0 Å². The van der Waals surface area contributed by atoms with Gasteiger partial charge in [-0.25, -0.2) is 0 Å². The van der Waals surface area contributed by atoms with E-state index < -0.39 is 0 Å². The zero-order chi connectivity index (χ0) is 12.5. The third kappa shape index (κ3) is 2.20. The van der Waals surface area contributed by atoms with Crippen molar-refractivity contribution in [1.82, 2.24) is 10.3 Å². The van der Waals surface area contributed by atoms with Crippen LogP contribution in [0.4, 0.5) is 5.69 Å². The van der Waals surface area contributed by atoms with E-state index in [4.69, 9.17) is 11.6 Å². The number of aromatic nitrogens is 1. The molecule has 0 spiro atoms. The number of halogens is 2. The summed E-state index contributed by atoms with van der Waals surface area (Å²) in [5.41, 5.74) is 2.16. The second-order valence-electron chi connectivity index (χ2n) is 4.35.